The van der Waals surface area contributed by atoms with Crippen LogP contribution in [0.15, 0.2) is 54.6 Å². The lowest BCUT2D eigenvalue weighted by atomic mass is 9.82. The molecule has 3 heterocycles. The number of halogens is 3. The van der Waals surface area contributed by atoms with Crippen molar-refractivity contribution in [3.05, 3.63) is 88.7 Å². The molecule has 0 spiro atoms. The van der Waals surface area contributed by atoms with E-state index in [1.807, 2.05) is 0 Å². The molecule has 3 saturated carbocycles. The van der Waals surface area contributed by atoms with Crippen molar-refractivity contribution in [3.63, 3.8) is 0 Å². The molecule has 6 N–H and O–H groups in total. The first-order chi connectivity index (χ1) is 43.8. The number of cyclic esters (lactones) is 3. The number of nitrogens with two attached hydrogens (primary N) is 1. The zero-order valence-electron chi connectivity index (χ0n) is 56.0. The largest absolute Gasteiger partial charge is 0.444 e. The summed E-state index contributed by atoms with van der Waals surface area (Å²) in [6.45, 7) is 23.1. The SMILES string of the molecule is CC(C)(C)OC(=O)NC[C@H]1CN(c2ccc(C3CCC(O[Si](C)(C)C(C)(C)C)CC3)c(F)c2)C(=O)O1.CCC(=O)NC[C@H]1CN(c2ccc(C3CCC(O)CC3)c(F)c2)C(=O)O1.CCC(=O)OC(=O)CC.NC[C@H]1CN(c2ccc(C3CCC(O)CC3)c(F)c2)C(=O)O1. The van der Waals surface area contributed by atoms with Crippen molar-refractivity contribution in [2.75, 3.05) is 54.0 Å². The normalized spacial score (nSPS) is 23.9. The molecule has 5 amide bonds. The van der Waals surface area contributed by atoms with Gasteiger partial charge in [-0.15, -0.1) is 0 Å². The zero-order chi connectivity index (χ0) is 68.5. The Morgan fingerprint density at radius 1 is 0.559 bits per heavy atom. The Hall–Kier alpha value is -6.80. The number of aliphatic hydroxyl groups excluding tert-OH is 2. The van der Waals surface area contributed by atoms with Gasteiger partial charge >= 0.3 is 36.3 Å². The average Bonchev–Trinajstić information content (AvgIpc) is 1.85. The number of ether oxygens (including phenoxy) is 5. The fraction of sp³-hybridized carbons (Fsp3) is 0.632. The Morgan fingerprint density at radius 3 is 1.24 bits per heavy atom. The molecule has 6 aliphatic rings. The number of nitrogens with one attached hydrogen (secondary N) is 2. The molecule has 3 atom stereocenters. The van der Waals surface area contributed by atoms with Crippen molar-refractivity contribution in [1.29, 1.82) is 0 Å². The molecule has 25 heteroatoms. The van der Waals surface area contributed by atoms with Gasteiger partial charge in [0.2, 0.25) is 5.91 Å². The van der Waals surface area contributed by atoms with Crippen LogP contribution in [0.1, 0.15) is 193 Å². The monoisotopic (exact) mass is 1320 g/mol. The van der Waals surface area contributed by atoms with Crippen LogP contribution in [0.3, 0.4) is 0 Å². The molecule has 0 radical (unpaired) electrons. The summed E-state index contributed by atoms with van der Waals surface area (Å²) in [7, 11) is -1.82. The van der Waals surface area contributed by atoms with Crippen molar-refractivity contribution >= 4 is 67.6 Å². The van der Waals surface area contributed by atoms with Crippen LogP contribution in [-0.2, 0) is 42.5 Å². The minimum atomic E-state index is -1.82. The first-order valence-corrected chi connectivity index (χ1v) is 35.8. The predicted octanol–water partition coefficient (Wildman–Crippen LogP) is 12.4. The highest BCUT2D eigenvalue weighted by Gasteiger charge is 2.41. The van der Waals surface area contributed by atoms with E-state index >= 15 is 4.39 Å². The van der Waals surface area contributed by atoms with E-state index in [9.17, 15) is 52.6 Å². The molecule has 3 saturated heterocycles. The van der Waals surface area contributed by atoms with E-state index in [0.29, 0.717) is 72.4 Å². The van der Waals surface area contributed by atoms with E-state index in [0.717, 1.165) is 51.4 Å². The van der Waals surface area contributed by atoms with E-state index in [1.54, 1.807) is 77.9 Å². The van der Waals surface area contributed by atoms with Gasteiger partial charge in [-0.3, -0.25) is 29.1 Å². The molecule has 9 rings (SSSR count). The molecule has 3 aromatic carbocycles. The third-order valence-corrected chi connectivity index (χ3v) is 22.5. The maximum atomic E-state index is 15.2. The van der Waals surface area contributed by atoms with Crippen LogP contribution in [0.2, 0.25) is 18.1 Å². The number of alkyl carbamates (subject to hydrolysis) is 1. The molecule has 21 nitrogen and oxygen atoms in total. The third kappa shape index (κ3) is 22.1. The molecule has 3 aliphatic carbocycles. The van der Waals surface area contributed by atoms with Crippen molar-refractivity contribution in [2.45, 2.75) is 237 Å². The van der Waals surface area contributed by atoms with Crippen LogP contribution < -0.4 is 31.1 Å². The molecular weight excluding hydrogens is 1230 g/mol. The fourth-order valence-corrected chi connectivity index (χ4v) is 13.0. The average molecular weight is 1330 g/mol. The van der Waals surface area contributed by atoms with Gasteiger partial charge in [0.1, 0.15) is 41.4 Å². The van der Waals surface area contributed by atoms with Crippen molar-refractivity contribution in [2.24, 2.45) is 5.73 Å². The molecule has 0 aromatic heterocycles. The Balaban J connectivity index is 0.000000212. The topological polar surface area (TPSA) is 275 Å². The predicted molar refractivity (Wildman–Crippen MR) is 348 cm³/mol. The van der Waals surface area contributed by atoms with Gasteiger partial charge < -0.3 is 54.7 Å². The van der Waals surface area contributed by atoms with Crippen LogP contribution in [0.5, 0.6) is 0 Å². The Bertz CT molecular complexity index is 3020. The Morgan fingerprint density at radius 2 is 0.914 bits per heavy atom. The smallest absolute Gasteiger partial charge is 0.414 e. The Kier molecular flexibility index (Phi) is 27.5. The second-order valence-electron chi connectivity index (χ2n) is 27.2. The fourth-order valence-electron chi connectivity index (χ4n) is 11.6. The number of anilines is 3. The van der Waals surface area contributed by atoms with Crippen molar-refractivity contribution < 1.29 is 85.1 Å². The van der Waals surface area contributed by atoms with E-state index in [2.05, 4.69) is 49.2 Å². The summed E-state index contributed by atoms with van der Waals surface area (Å²) < 4.78 is 75.9. The molecule has 3 aromatic rings. The Labute approximate surface area is 546 Å². The minimum absolute atomic E-state index is 0.104. The van der Waals surface area contributed by atoms with Gasteiger partial charge in [0, 0.05) is 31.9 Å². The summed E-state index contributed by atoms with van der Waals surface area (Å²) >= 11 is 0. The molecule has 93 heavy (non-hydrogen) atoms. The molecule has 516 valence electrons. The lowest BCUT2D eigenvalue weighted by Crippen LogP contribution is -2.44. The van der Waals surface area contributed by atoms with Crippen LogP contribution in [0.25, 0.3) is 0 Å². The minimum Gasteiger partial charge on any atom is -0.444 e. The second-order valence-corrected chi connectivity index (χ2v) is 31.9. The van der Waals surface area contributed by atoms with E-state index in [4.69, 9.17) is 29.1 Å². The third-order valence-electron chi connectivity index (χ3n) is 18.0. The highest BCUT2D eigenvalue weighted by Crippen LogP contribution is 2.43. The number of aliphatic hydroxyl groups is 2. The van der Waals surface area contributed by atoms with Gasteiger partial charge in [-0.1, -0.05) is 59.7 Å². The maximum absolute atomic E-state index is 15.2. The first-order valence-electron chi connectivity index (χ1n) is 32.9. The summed E-state index contributed by atoms with van der Waals surface area (Å²) in [5, 5.41) is 24.6. The lowest BCUT2D eigenvalue weighted by molar-refractivity contribution is -0.159. The van der Waals surface area contributed by atoms with Gasteiger partial charge in [0.15, 0.2) is 8.32 Å². The molecule has 0 unspecified atom stereocenters. The van der Waals surface area contributed by atoms with Crippen LogP contribution in [0, 0.1) is 17.5 Å². The molecule has 3 aliphatic heterocycles. The summed E-state index contributed by atoms with van der Waals surface area (Å²) in [6, 6.07) is 14.7. The quantitative estimate of drug-likeness (QED) is 0.0386. The highest BCUT2D eigenvalue weighted by atomic mass is 28.4. The summed E-state index contributed by atoms with van der Waals surface area (Å²) in [6.07, 6.45) is 6.69. The second kappa shape index (κ2) is 34.0. The van der Waals surface area contributed by atoms with Crippen LogP contribution in [-0.4, -0.2) is 142 Å². The number of nitrogens with zero attached hydrogens (tertiary/aromatic N) is 3. The van der Waals surface area contributed by atoms with Gasteiger partial charge in [0.25, 0.3) is 0 Å². The van der Waals surface area contributed by atoms with E-state index in [-0.39, 0.29) is 116 Å². The van der Waals surface area contributed by atoms with Gasteiger partial charge in [-0.2, -0.15) is 0 Å². The standard InChI is InChI=1S/C27H43FN2O5Si.C19H25FN2O4.C16H21FN2O3.C6H10O3/c1-26(2,3)34-24(31)29-16-21-17-30(25(32)33-21)19-11-14-22(23(28)15-19)18-9-12-20(13-10-18)35-36(7,8)27(4,5)6;1-2-18(24)21-10-15-11-22(19(25)26-15)13-5-8-16(17(20)9-13)12-3-6-14(23)7-4-12;17-15-7-11(19-9-13(8-18)22-16(19)21)3-6-14(15)10-1-4-12(20)5-2-10;1-3-5(7)9-6(8)4-2/h11,14-15,18,20-21H,9-10,12-13,16-17H2,1-8H3,(H,29,31);5,8-9,12,14-15,23H,2-4,6-7,10-11H2,1H3,(H,21,24);3,6-7,10,12-13,20H,1-2,4-5,8-9,18H2;3-4H2,1-2H3/t18?,20?,21-;12?,14?,15-;10?,12?,13-;/m000./s1. The van der Waals surface area contributed by atoms with Crippen LogP contribution >= 0.6 is 0 Å². The molecular formula is C68H99F3N6O15Si. The number of hydrogen-bond donors (Lipinski definition) is 5. The van der Waals surface area contributed by atoms with Crippen LogP contribution in [0.4, 0.5) is 49.4 Å². The van der Waals surface area contributed by atoms with Gasteiger partial charge in [-0.05, 0) is 187 Å². The van der Waals surface area contributed by atoms with Crippen molar-refractivity contribution in [3.8, 4) is 0 Å². The number of hydrogen-bond acceptors (Lipinski definition) is 16. The summed E-state index contributed by atoms with van der Waals surface area (Å²) in [4.78, 5) is 84.3. The molecule has 6 fully saturated rings. The number of carbonyl (C=O) groups is 7. The number of carbonyl (C=O) groups excluding carboxylic acids is 7. The lowest BCUT2D eigenvalue weighted by Gasteiger charge is -2.41. The highest BCUT2D eigenvalue weighted by molar-refractivity contribution is 6.74. The number of rotatable bonds is 16. The number of esters is 2. The molecule has 0 bridgehead atoms. The van der Waals surface area contributed by atoms with E-state index < -0.39 is 62.4 Å². The maximum Gasteiger partial charge on any atom is 0.414 e. The van der Waals surface area contributed by atoms with Crippen molar-refractivity contribution in [1.82, 2.24) is 10.6 Å². The summed E-state index contributed by atoms with van der Waals surface area (Å²) in [5.74, 6) is -1.56. The number of benzene rings is 3. The summed E-state index contributed by atoms with van der Waals surface area (Å²) in [5.41, 5.74) is 8.29. The number of amides is 5. The van der Waals surface area contributed by atoms with E-state index in [1.165, 1.54) is 32.9 Å². The first kappa shape index (κ1) is 75.2. The zero-order valence-corrected chi connectivity index (χ0v) is 57.0. The van der Waals surface area contributed by atoms with Gasteiger partial charge in [-0.25, -0.2) is 32.3 Å². The van der Waals surface area contributed by atoms with Gasteiger partial charge in [0.05, 0.1) is 62.0 Å².